The molecule has 0 spiro atoms. The topological polar surface area (TPSA) is 63.2 Å². The van der Waals surface area contributed by atoms with Crippen LogP contribution in [-0.4, -0.2) is 40.5 Å². The number of halogens is 1. The van der Waals surface area contributed by atoms with Crippen LogP contribution in [0.2, 0.25) is 5.02 Å². The van der Waals surface area contributed by atoms with Crippen molar-refractivity contribution in [3.63, 3.8) is 0 Å². The number of carbonyl (C=O) groups excluding carboxylic acids is 1. The SMILES string of the molecule is COc1cc(OC)c(C(=O)OCCOc2cccc(Cl)c2)cc1OC. The van der Waals surface area contributed by atoms with Crippen LogP contribution in [0.15, 0.2) is 36.4 Å². The minimum atomic E-state index is -0.549. The fourth-order valence-electron chi connectivity index (χ4n) is 2.12. The van der Waals surface area contributed by atoms with Gasteiger partial charge in [-0.05, 0) is 18.2 Å². The monoisotopic (exact) mass is 366 g/mol. The van der Waals surface area contributed by atoms with E-state index in [0.717, 1.165) is 0 Å². The molecule has 0 saturated heterocycles. The van der Waals surface area contributed by atoms with Crippen LogP contribution in [0.1, 0.15) is 10.4 Å². The predicted octanol–water partition coefficient (Wildman–Crippen LogP) is 3.60. The van der Waals surface area contributed by atoms with Crippen LogP contribution >= 0.6 is 11.6 Å². The van der Waals surface area contributed by atoms with E-state index in [1.807, 2.05) is 0 Å². The summed E-state index contributed by atoms with van der Waals surface area (Å²) in [4.78, 5) is 12.3. The molecule has 0 saturated carbocycles. The molecule has 0 aliphatic carbocycles. The van der Waals surface area contributed by atoms with Crippen molar-refractivity contribution in [3.05, 3.63) is 47.0 Å². The van der Waals surface area contributed by atoms with E-state index in [0.29, 0.717) is 28.0 Å². The van der Waals surface area contributed by atoms with Gasteiger partial charge in [0.2, 0.25) is 0 Å². The Morgan fingerprint density at radius 3 is 2.24 bits per heavy atom. The smallest absolute Gasteiger partial charge is 0.342 e. The van der Waals surface area contributed by atoms with E-state index in [9.17, 15) is 4.79 Å². The Balaban J connectivity index is 1.98. The number of esters is 1. The summed E-state index contributed by atoms with van der Waals surface area (Å²) in [6.07, 6.45) is 0. The molecule has 0 fully saturated rings. The molecule has 0 heterocycles. The summed E-state index contributed by atoms with van der Waals surface area (Å²) < 4.78 is 26.3. The fraction of sp³-hybridized carbons (Fsp3) is 0.278. The average Bonchev–Trinajstić information content (AvgIpc) is 2.63. The summed E-state index contributed by atoms with van der Waals surface area (Å²) in [5, 5.41) is 0.574. The lowest BCUT2D eigenvalue weighted by molar-refractivity contribution is 0.0446. The molecule has 2 aromatic carbocycles. The van der Waals surface area contributed by atoms with E-state index in [-0.39, 0.29) is 18.8 Å². The van der Waals surface area contributed by atoms with Crippen LogP contribution in [0.3, 0.4) is 0 Å². The second kappa shape index (κ2) is 9.03. The number of carbonyl (C=O) groups is 1. The molecule has 0 aliphatic rings. The van der Waals surface area contributed by atoms with E-state index in [4.69, 9.17) is 35.3 Å². The van der Waals surface area contributed by atoms with Crippen LogP contribution in [0.25, 0.3) is 0 Å². The normalized spacial score (nSPS) is 10.1. The highest BCUT2D eigenvalue weighted by Gasteiger charge is 2.18. The van der Waals surface area contributed by atoms with Crippen LogP contribution in [0, 0.1) is 0 Å². The first-order valence-corrected chi connectivity index (χ1v) is 7.82. The minimum absolute atomic E-state index is 0.0723. The predicted molar refractivity (Wildman–Crippen MR) is 93.3 cm³/mol. The molecule has 0 bridgehead atoms. The van der Waals surface area contributed by atoms with Gasteiger partial charge in [0.15, 0.2) is 11.5 Å². The Morgan fingerprint density at radius 1 is 0.920 bits per heavy atom. The Labute approximate surface area is 151 Å². The van der Waals surface area contributed by atoms with E-state index in [1.165, 1.54) is 27.4 Å². The number of ether oxygens (including phenoxy) is 5. The molecule has 0 atom stereocenters. The second-order valence-electron chi connectivity index (χ2n) is 4.85. The maximum absolute atomic E-state index is 12.3. The molecule has 6 nitrogen and oxygen atoms in total. The van der Waals surface area contributed by atoms with Crippen LogP contribution in [-0.2, 0) is 4.74 Å². The van der Waals surface area contributed by atoms with E-state index in [1.54, 1.807) is 30.3 Å². The zero-order valence-corrected chi connectivity index (χ0v) is 15.0. The van der Waals surface area contributed by atoms with Gasteiger partial charge < -0.3 is 23.7 Å². The quantitative estimate of drug-likeness (QED) is 0.525. The van der Waals surface area contributed by atoms with Gasteiger partial charge in [-0.15, -0.1) is 0 Å². The van der Waals surface area contributed by atoms with Crippen molar-refractivity contribution in [2.24, 2.45) is 0 Å². The van der Waals surface area contributed by atoms with Crippen molar-refractivity contribution in [2.75, 3.05) is 34.5 Å². The van der Waals surface area contributed by atoms with Crippen LogP contribution in [0.5, 0.6) is 23.0 Å². The van der Waals surface area contributed by atoms with Gasteiger partial charge in [-0.2, -0.15) is 0 Å². The summed E-state index contributed by atoms with van der Waals surface area (Å²) in [7, 11) is 4.45. The highest BCUT2D eigenvalue weighted by Crippen LogP contribution is 2.34. The summed E-state index contributed by atoms with van der Waals surface area (Å²) in [6.45, 7) is 0.268. The van der Waals surface area contributed by atoms with Gasteiger partial charge in [0, 0.05) is 17.2 Å². The van der Waals surface area contributed by atoms with Gasteiger partial charge in [0.05, 0.1) is 21.3 Å². The van der Waals surface area contributed by atoms with Gasteiger partial charge in [0.25, 0.3) is 0 Å². The van der Waals surface area contributed by atoms with Gasteiger partial charge >= 0.3 is 5.97 Å². The Bertz CT molecular complexity index is 732. The summed E-state index contributed by atoms with van der Waals surface area (Å²) in [6, 6.07) is 10.1. The number of rotatable bonds is 8. The van der Waals surface area contributed by atoms with Crippen LogP contribution < -0.4 is 18.9 Å². The molecule has 7 heteroatoms. The Morgan fingerprint density at radius 2 is 1.60 bits per heavy atom. The van der Waals surface area contributed by atoms with Crippen molar-refractivity contribution >= 4 is 17.6 Å². The van der Waals surface area contributed by atoms with Gasteiger partial charge in [0.1, 0.15) is 30.3 Å². The van der Waals surface area contributed by atoms with Crippen molar-refractivity contribution in [1.29, 1.82) is 0 Å². The third-order valence-corrected chi connectivity index (χ3v) is 3.54. The molecule has 2 rings (SSSR count). The Kier molecular flexibility index (Phi) is 6.77. The van der Waals surface area contributed by atoms with Crippen molar-refractivity contribution in [2.45, 2.75) is 0 Å². The molecule has 0 radical (unpaired) electrons. The lowest BCUT2D eigenvalue weighted by Gasteiger charge is -2.13. The van der Waals surface area contributed by atoms with Crippen molar-refractivity contribution < 1.29 is 28.5 Å². The highest BCUT2D eigenvalue weighted by molar-refractivity contribution is 6.30. The lowest BCUT2D eigenvalue weighted by Crippen LogP contribution is -2.13. The molecule has 0 unspecified atom stereocenters. The first-order chi connectivity index (χ1) is 12.1. The zero-order valence-electron chi connectivity index (χ0n) is 14.2. The first kappa shape index (κ1) is 18.7. The molecule has 134 valence electrons. The molecular weight excluding hydrogens is 348 g/mol. The first-order valence-electron chi connectivity index (χ1n) is 7.44. The number of benzene rings is 2. The molecule has 0 aromatic heterocycles. The largest absolute Gasteiger partial charge is 0.496 e. The molecule has 25 heavy (non-hydrogen) atoms. The Hall–Kier alpha value is -2.60. The van der Waals surface area contributed by atoms with E-state index in [2.05, 4.69) is 0 Å². The summed E-state index contributed by atoms with van der Waals surface area (Å²) >= 11 is 5.87. The van der Waals surface area contributed by atoms with Gasteiger partial charge in [-0.25, -0.2) is 4.79 Å². The molecule has 0 aliphatic heterocycles. The maximum Gasteiger partial charge on any atom is 0.342 e. The van der Waals surface area contributed by atoms with E-state index < -0.39 is 5.97 Å². The zero-order chi connectivity index (χ0) is 18.2. The minimum Gasteiger partial charge on any atom is -0.496 e. The second-order valence-corrected chi connectivity index (χ2v) is 5.29. The number of methoxy groups -OCH3 is 3. The number of hydrogen-bond acceptors (Lipinski definition) is 6. The molecular formula is C18H19ClO6. The molecule has 0 amide bonds. The van der Waals surface area contributed by atoms with Gasteiger partial charge in [-0.3, -0.25) is 0 Å². The van der Waals surface area contributed by atoms with Gasteiger partial charge in [-0.1, -0.05) is 17.7 Å². The third kappa shape index (κ3) is 4.93. The standard InChI is InChI=1S/C18H19ClO6/c1-21-15-11-17(23-3)16(22-2)10-14(15)18(20)25-8-7-24-13-6-4-5-12(19)9-13/h4-6,9-11H,7-8H2,1-3H3. The molecule has 0 N–H and O–H groups in total. The summed E-state index contributed by atoms with van der Waals surface area (Å²) in [5.74, 6) is 1.25. The highest BCUT2D eigenvalue weighted by atomic mass is 35.5. The number of hydrogen-bond donors (Lipinski definition) is 0. The maximum atomic E-state index is 12.3. The summed E-state index contributed by atoms with van der Waals surface area (Å²) in [5.41, 5.74) is 0.239. The van der Waals surface area contributed by atoms with E-state index >= 15 is 0 Å². The molecule has 2 aromatic rings. The van der Waals surface area contributed by atoms with Crippen molar-refractivity contribution in [1.82, 2.24) is 0 Å². The van der Waals surface area contributed by atoms with Crippen LogP contribution in [0.4, 0.5) is 0 Å². The average molecular weight is 367 g/mol. The lowest BCUT2D eigenvalue weighted by atomic mass is 10.1. The fourth-order valence-corrected chi connectivity index (χ4v) is 2.30. The third-order valence-electron chi connectivity index (χ3n) is 3.31. The van der Waals surface area contributed by atoms with Crippen molar-refractivity contribution in [3.8, 4) is 23.0 Å².